The number of carbonyl (C=O) groups is 3. The van der Waals surface area contributed by atoms with E-state index < -0.39 is 18.1 Å². The molecule has 0 aromatic heterocycles. The van der Waals surface area contributed by atoms with Gasteiger partial charge in [0.1, 0.15) is 19.5 Å². The first-order valence-corrected chi connectivity index (χ1v) is 7.79. The molecule has 2 aromatic rings. The van der Waals surface area contributed by atoms with Crippen LogP contribution in [0.25, 0.3) is 0 Å². The lowest BCUT2D eigenvalue weighted by Crippen LogP contribution is -2.38. The first-order valence-electron chi connectivity index (χ1n) is 7.79. The number of benzene rings is 2. The van der Waals surface area contributed by atoms with Gasteiger partial charge in [0.05, 0.1) is 12.5 Å². The fourth-order valence-corrected chi connectivity index (χ4v) is 2.03. The SMILES string of the molecule is O=CC(CC(=O)OCc1ccccc1)NC(=O)OCc1ccccc1. The van der Waals surface area contributed by atoms with E-state index in [1.165, 1.54) is 0 Å². The summed E-state index contributed by atoms with van der Waals surface area (Å²) in [6, 6.07) is 17.3. The van der Waals surface area contributed by atoms with E-state index in [2.05, 4.69) is 5.32 Å². The lowest BCUT2D eigenvalue weighted by molar-refractivity contribution is -0.146. The molecule has 0 aliphatic rings. The summed E-state index contributed by atoms with van der Waals surface area (Å²) in [5.74, 6) is -0.579. The molecule has 0 spiro atoms. The van der Waals surface area contributed by atoms with Gasteiger partial charge in [-0.15, -0.1) is 0 Å². The van der Waals surface area contributed by atoms with Crippen molar-refractivity contribution >= 4 is 18.3 Å². The summed E-state index contributed by atoms with van der Waals surface area (Å²) in [6.45, 7) is 0.195. The molecule has 130 valence electrons. The van der Waals surface area contributed by atoms with Crippen molar-refractivity contribution in [2.75, 3.05) is 0 Å². The van der Waals surface area contributed by atoms with Gasteiger partial charge in [0, 0.05) is 0 Å². The third kappa shape index (κ3) is 6.87. The Balaban J connectivity index is 1.72. The molecule has 2 rings (SSSR count). The minimum Gasteiger partial charge on any atom is -0.461 e. The minimum absolute atomic E-state index is 0.0801. The van der Waals surface area contributed by atoms with Gasteiger partial charge >= 0.3 is 12.1 Å². The number of ether oxygens (including phenoxy) is 2. The Bertz CT molecular complexity index is 630. The van der Waals surface area contributed by atoms with E-state index in [9.17, 15) is 14.4 Å². The second-order valence-corrected chi connectivity index (χ2v) is 5.30. The first-order chi connectivity index (χ1) is 12.2. The van der Waals surface area contributed by atoms with Crippen molar-refractivity contribution in [2.45, 2.75) is 25.7 Å². The number of rotatable bonds is 8. The zero-order chi connectivity index (χ0) is 17.9. The number of esters is 1. The van der Waals surface area contributed by atoms with Crippen LogP contribution in [0.1, 0.15) is 17.5 Å². The fourth-order valence-electron chi connectivity index (χ4n) is 2.03. The summed E-state index contributed by atoms with van der Waals surface area (Å²) in [5, 5.41) is 2.34. The van der Waals surface area contributed by atoms with Gasteiger partial charge in [-0.3, -0.25) is 4.79 Å². The zero-order valence-electron chi connectivity index (χ0n) is 13.6. The van der Waals surface area contributed by atoms with Crippen LogP contribution >= 0.6 is 0 Å². The maximum absolute atomic E-state index is 11.8. The van der Waals surface area contributed by atoms with Gasteiger partial charge < -0.3 is 19.6 Å². The van der Waals surface area contributed by atoms with Crippen LogP contribution in [0.2, 0.25) is 0 Å². The highest BCUT2D eigenvalue weighted by Gasteiger charge is 2.17. The molecule has 0 radical (unpaired) electrons. The molecular formula is C19H19NO5. The molecule has 0 saturated heterocycles. The average molecular weight is 341 g/mol. The molecule has 0 aliphatic carbocycles. The summed E-state index contributed by atoms with van der Waals surface area (Å²) in [6.07, 6.45) is -0.540. The predicted octanol–water partition coefficient (Wildman–Crippen LogP) is 2.61. The van der Waals surface area contributed by atoms with Crippen molar-refractivity contribution in [3.63, 3.8) is 0 Å². The second kappa shape index (κ2) is 9.87. The van der Waals surface area contributed by atoms with Crippen molar-refractivity contribution in [3.05, 3.63) is 71.8 Å². The van der Waals surface area contributed by atoms with Crippen molar-refractivity contribution in [2.24, 2.45) is 0 Å². The molecule has 6 heteroatoms. The largest absolute Gasteiger partial charge is 0.461 e. The van der Waals surface area contributed by atoms with Gasteiger partial charge in [-0.25, -0.2) is 4.79 Å². The Hall–Kier alpha value is -3.15. The van der Waals surface area contributed by atoms with Crippen molar-refractivity contribution in [1.82, 2.24) is 5.32 Å². The lowest BCUT2D eigenvalue weighted by atomic mass is 10.2. The number of hydrogen-bond donors (Lipinski definition) is 1. The van der Waals surface area contributed by atoms with Crippen LogP contribution in [0, 0.1) is 0 Å². The summed E-state index contributed by atoms with van der Waals surface area (Å²) >= 11 is 0. The molecule has 25 heavy (non-hydrogen) atoms. The van der Waals surface area contributed by atoms with Gasteiger partial charge in [0.15, 0.2) is 0 Å². The molecule has 0 heterocycles. The van der Waals surface area contributed by atoms with E-state index in [0.717, 1.165) is 11.1 Å². The molecule has 0 aliphatic heterocycles. The standard InChI is InChI=1S/C19H19NO5/c21-12-17(11-18(22)24-13-15-7-3-1-4-8-15)20-19(23)25-14-16-9-5-2-6-10-16/h1-10,12,17H,11,13-14H2,(H,20,23). The molecular weight excluding hydrogens is 322 g/mol. The molecule has 6 nitrogen and oxygen atoms in total. The van der Waals surface area contributed by atoms with E-state index in [1.807, 2.05) is 60.7 Å². The Morgan fingerprint density at radius 1 is 0.880 bits per heavy atom. The first kappa shape index (κ1) is 18.2. The van der Waals surface area contributed by atoms with Crippen LogP contribution < -0.4 is 5.32 Å². The van der Waals surface area contributed by atoms with Gasteiger partial charge in [0.25, 0.3) is 0 Å². The Morgan fingerprint density at radius 3 is 1.92 bits per heavy atom. The molecule has 0 saturated carbocycles. The zero-order valence-corrected chi connectivity index (χ0v) is 13.6. The molecule has 1 amide bonds. The van der Waals surface area contributed by atoms with Crippen molar-refractivity contribution in [3.8, 4) is 0 Å². The van der Waals surface area contributed by atoms with E-state index in [-0.39, 0.29) is 19.6 Å². The summed E-state index contributed by atoms with van der Waals surface area (Å²) in [4.78, 5) is 34.5. The predicted molar refractivity (Wildman–Crippen MR) is 90.5 cm³/mol. The topological polar surface area (TPSA) is 81.7 Å². The molecule has 2 aromatic carbocycles. The smallest absolute Gasteiger partial charge is 0.408 e. The van der Waals surface area contributed by atoms with E-state index in [4.69, 9.17) is 9.47 Å². The summed E-state index contributed by atoms with van der Waals surface area (Å²) in [5.41, 5.74) is 1.66. The Kier molecular flexibility index (Phi) is 7.18. The lowest BCUT2D eigenvalue weighted by Gasteiger charge is -2.13. The van der Waals surface area contributed by atoms with E-state index in [0.29, 0.717) is 6.29 Å². The highest BCUT2D eigenvalue weighted by Crippen LogP contribution is 2.04. The Labute approximate surface area is 145 Å². The quantitative estimate of drug-likeness (QED) is 0.589. The number of hydrogen-bond acceptors (Lipinski definition) is 5. The number of amides is 1. The minimum atomic E-state index is -0.994. The monoisotopic (exact) mass is 341 g/mol. The average Bonchev–Trinajstić information content (AvgIpc) is 2.66. The van der Waals surface area contributed by atoms with E-state index >= 15 is 0 Å². The van der Waals surface area contributed by atoms with Crippen LogP contribution in [0.4, 0.5) is 4.79 Å². The van der Waals surface area contributed by atoms with Crippen LogP contribution in [-0.4, -0.2) is 24.4 Å². The van der Waals surface area contributed by atoms with Crippen molar-refractivity contribution in [1.29, 1.82) is 0 Å². The maximum Gasteiger partial charge on any atom is 0.408 e. The second-order valence-electron chi connectivity index (χ2n) is 5.30. The number of carbonyl (C=O) groups excluding carboxylic acids is 3. The van der Waals surface area contributed by atoms with Crippen molar-refractivity contribution < 1.29 is 23.9 Å². The van der Waals surface area contributed by atoms with Gasteiger partial charge in [0.2, 0.25) is 0 Å². The highest BCUT2D eigenvalue weighted by molar-refractivity contribution is 5.79. The normalized spacial score (nSPS) is 11.2. The summed E-state index contributed by atoms with van der Waals surface area (Å²) < 4.78 is 10.1. The number of nitrogens with one attached hydrogen (secondary N) is 1. The fraction of sp³-hybridized carbons (Fsp3) is 0.211. The molecule has 1 N–H and O–H groups in total. The maximum atomic E-state index is 11.8. The third-order valence-corrected chi connectivity index (χ3v) is 3.31. The van der Waals surface area contributed by atoms with Gasteiger partial charge in [-0.2, -0.15) is 0 Å². The molecule has 0 bridgehead atoms. The Morgan fingerprint density at radius 2 is 1.40 bits per heavy atom. The number of aldehydes is 1. The molecule has 0 fully saturated rings. The van der Waals surface area contributed by atoms with Crippen LogP contribution in [0.3, 0.4) is 0 Å². The number of alkyl carbamates (subject to hydrolysis) is 1. The highest BCUT2D eigenvalue weighted by atomic mass is 16.5. The van der Waals surface area contributed by atoms with E-state index in [1.54, 1.807) is 0 Å². The third-order valence-electron chi connectivity index (χ3n) is 3.31. The summed E-state index contributed by atoms with van der Waals surface area (Å²) in [7, 11) is 0. The van der Waals surface area contributed by atoms with Crippen LogP contribution in [0.5, 0.6) is 0 Å². The van der Waals surface area contributed by atoms with Gasteiger partial charge in [-0.05, 0) is 11.1 Å². The van der Waals surface area contributed by atoms with Crippen LogP contribution in [0.15, 0.2) is 60.7 Å². The van der Waals surface area contributed by atoms with Crippen LogP contribution in [-0.2, 0) is 32.3 Å². The molecule has 1 unspecified atom stereocenters. The van der Waals surface area contributed by atoms with Gasteiger partial charge in [-0.1, -0.05) is 60.7 Å². The molecule has 1 atom stereocenters.